The second kappa shape index (κ2) is 6.95. The molecule has 2 aliphatic heterocycles. The Morgan fingerprint density at radius 1 is 1.23 bits per heavy atom. The fraction of sp³-hybridized carbons (Fsp3) is 0.786. The zero-order chi connectivity index (χ0) is 15.4. The minimum Gasteiger partial charge on any atom is -0.408 e. The van der Waals surface area contributed by atoms with Crippen molar-refractivity contribution < 1.29 is 13.9 Å². The number of nitrogens with zero attached hydrogens (tertiary/aromatic N) is 4. The Kier molecular flexibility index (Phi) is 4.77. The smallest absolute Gasteiger partial charge is 0.318 e. The molecule has 0 aliphatic carbocycles. The van der Waals surface area contributed by atoms with Crippen LogP contribution >= 0.6 is 0 Å². The molecule has 0 aromatic carbocycles. The van der Waals surface area contributed by atoms with Gasteiger partial charge in [-0.2, -0.15) is 0 Å². The third-order valence-corrected chi connectivity index (χ3v) is 4.14. The topological polar surface area (TPSA) is 83.7 Å². The van der Waals surface area contributed by atoms with Gasteiger partial charge in [0.1, 0.15) is 0 Å². The molecule has 122 valence electrons. The summed E-state index contributed by atoms with van der Waals surface area (Å²) in [5.74, 6) is 0.648. The first kappa shape index (κ1) is 15.1. The molecule has 1 aromatic heterocycles. The van der Waals surface area contributed by atoms with Gasteiger partial charge in [-0.3, -0.25) is 0 Å². The van der Waals surface area contributed by atoms with Crippen LogP contribution in [-0.2, 0) is 11.2 Å². The number of aryl methyl sites for hydroxylation is 1. The van der Waals surface area contributed by atoms with Gasteiger partial charge in [0, 0.05) is 51.9 Å². The zero-order valence-corrected chi connectivity index (χ0v) is 13.0. The number of rotatable bonds is 3. The Labute approximate surface area is 129 Å². The number of piperazine rings is 1. The molecule has 1 N–H and O–H groups in total. The molecule has 8 heteroatoms. The monoisotopic (exact) mass is 309 g/mol. The van der Waals surface area contributed by atoms with Crippen molar-refractivity contribution in [2.45, 2.75) is 32.2 Å². The highest BCUT2D eigenvalue weighted by atomic mass is 16.5. The van der Waals surface area contributed by atoms with Crippen LogP contribution in [-0.4, -0.2) is 66.6 Å². The van der Waals surface area contributed by atoms with Gasteiger partial charge in [-0.05, 0) is 12.8 Å². The molecule has 0 saturated carbocycles. The minimum atomic E-state index is 0.0197. The fourth-order valence-electron chi connectivity index (χ4n) is 2.72. The van der Waals surface area contributed by atoms with Crippen LogP contribution < -0.4 is 10.2 Å². The van der Waals surface area contributed by atoms with Gasteiger partial charge < -0.3 is 24.3 Å². The van der Waals surface area contributed by atoms with Crippen LogP contribution in [0.15, 0.2) is 4.42 Å². The highest BCUT2D eigenvalue weighted by molar-refractivity contribution is 5.74. The van der Waals surface area contributed by atoms with Crippen molar-refractivity contribution in [2.75, 3.05) is 44.3 Å². The number of anilines is 1. The number of ether oxygens (including phenoxy) is 1. The molecule has 2 fully saturated rings. The first-order valence-electron chi connectivity index (χ1n) is 7.96. The predicted octanol–water partition coefficient (Wildman–Crippen LogP) is 0.643. The van der Waals surface area contributed by atoms with Gasteiger partial charge in [-0.1, -0.05) is 12.0 Å². The maximum absolute atomic E-state index is 12.3. The molecular weight excluding hydrogens is 286 g/mol. The molecule has 22 heavy (non-hydrogen) atoms. The average Bonchev–Trinajstić information content (AvgIpc) is 3.05. The van der Waals surface area contributed by atoms with Gasteiger partial charge >= 0.3 is 12.0 Å². The van der Waals surface area contributed by atoms with Crippen molar-refractivity contribution in [3.05, 3.63) is 5.89 Å². The summed E-state index contributed by atoms with van der Waals surface area (Å²) in [6.07, 6.45) is 2.53. The maximum atomic E-state index is 12.3. The molecule has 2 saturated heterocycles. The SMILES string of the molecule is CCc1nnc(N2CCN(C(=O)NC3CCOCC3)CC2)o1. The second-order valence-corrected chi connectivity index (χ2v) is 5.64. The van der Waals surface area contributed by atoms with Crippen molar-refractivity contribution in [3.8, 4) is 0 Å². The summed E-state index contributed by atoms with van der Waals surface area (Å²) in [5, 5.41) is 11.1. The van der Waals surface area contributed by atoms with E-state index in [1.54, 1.807) is 0 Å². The molecule has 1 aromatic rings. The molecule has 8 nitrogen and oxygen atoms in total. The number of carbonyl (C=O) groups is 1. The van der Waals surface area contributed by atoms with E-state index in [-0.39, 0.29) is 12.1 Å². The summed E-state index contributed by atoms with van der Waals surface area (Å²) in [6.45, 7) is 6.21. The van der Waals surface area contributed by atoms with E-state index in [0.29, 0.717) is 38.1 Å². The summed E-state index contributed by atoms with van der Waals surface area (Å²) in [7, 11) is 0. The quantitative estimate of drug-likeness (QED) is 0.882. The van der Waals surface area contributed by atoms with Crippen LogP contribution in [0, 0.1) is 0 Å². The maximum Gasteiger partial charge on any atom is 0.318 e. The lowest BCUT2D eigenvalue weighted by atomic mass is 10.1. The van der Waals surface area contributed by atoms with Crippen LogP contribution in [0.5, 0.6) is 0 Å². The molecule has 0 atom stereocenters. The standard InChI is InChI=1S/C14H23N5O3/c1-2-12-16-17-14(22-12)19-7-5-18(6-8-19)13(20)15-11-3-9-21-10-4-11/h11H,2-10H2,1H3,(H,15,20). The molecule has 3 rings (SSSR count). The van der Waals surface area contributed by atoms with Crippen molar-refractivity contribution >= 4 is 12.0 Å². The van der Waals surface area contributed by atoms with E-state index in [4.69, 9.17) is 9.15 Å². The summed E-state index contributed by atoms with van der Waals surface area (Å²) in [5.41, 5.74) is 0. The first-order chi connectivity index (χ1) is 10.8. The largest absolute Gasteiger partial charge is 0.408 e. The van der Waals surface area contributed by atoms with Crippen LogP contribution in [0.2, 0.25) is 0 Å². The predicted molar refractivity (Wildman–Crippen MR) is 79.8 cm³/mol. The number of carbonyl (C=O) groups excluding carboxylic acids is 1. The Bertz CT molecular complexity index is 492. The van der Waals surface area contributed by atoms with E-state index in [0.717, 1.165) is 32.5 Å². The minimum absolute atomic E-state index is 0.0197. The summed E-state index contributed by atoms with van der Waals surface area (Å²) >= 11 is 0. The van der Waals surface area contributed by atoms with Gasteiger partial charge in [0.25, 0.3) is 0 Å². The van der Waals surface area contributed by atoms with Gasteiger partial charge in [0.2, 0.25) is 5.89 Å². The highest BCUT2D eigenvalue weighted by Gasteiger charge is 2.26. The third-order valence-electron chi connectivity index (χ3n) is 4.14. The average molecular weight is 309 g/mol. The summed E-state index contributed by atoms with van der Waals surface area (Å²) in [4.78, 5) is 16.1. The molecular formula is C14H23N5O3. The number of hydrogen-bond donors (Lipinski definition) is 1. The van der Waals surface area contributed by atoms with E-state index in [9.17, 15) is 4.79 Å². The van der Waals surface area contributed by atoms with Crippen LogP contribution in [0.1, 0.15) is 25.7 Å². The molecule has 0 unspecified atom stereocenters. The number of nitrogens with one attached hydrogen (secondary N) is 1. The number of hydrogen-bond acceptors (Lipinski definition) is 6. The Morgan fingerprint density at radius 2 is 1.95 bits per heavy atom. The normalized spacial score (nSPS) is 20.2. The van der Waals surface area contributed by atoms with Gasteiger partial charge in [0.05, 0.1) is 0 Å². The highest BCUT2D eigenvalue weighted by Crippen LogP contribution is 2.15. The number of amides is 2. The molecule has 2 aliphatic rings. The van der Waals surface area contributed by atoms with Crippen molar-refractivity contribution in [1.29, 1.82) is 0 Å². The summed E-state index contributed by atoms with van der Waals surface area (Å²) in [6, 6.07) is 0.815. The van der Waals surface area contributed by atoms with Crippen molar-refractivity contribution in [3.63, 3.8) is 0 Å². The Balaban J connectivity index is 1.47. The zero-order valence-electron chi connectivity index (χ0n) is 13.0. The number of aromatic nitrogens is 2. The van der Waals surface area contributed by atoms with Gasteiger partial charge in [0.15, 0.2) is 0 Å². The Hall–Kier alpha value is -1.83. The lowest BCUT2D eigenvalue weighted by Crippen LogP contribution is -2.54. The van der Waals surface area contributed by atoms with E-state index >= 15 is 0 Å². The third kappa shape index (κ3) is 3.49. The van der Waals surface area contributed by atoms with Crippen molar-refractivity contribution in [2.24, 2.45) is 0 Å². The van der Waals surface area contributed by atoms with Crippen LogP contribution in [0.25, 0.3) is 0 Å². The van der Waals surface area contributed by atoms with Gasteiger partial charge in [-0.15, -0.1) is 5.10 Å². The number of urea groups is 1. The van der Waals surface area contributed by atoms with E-state index in [1.807, 2.05) is 16.7 Å². The van der Waals surface area contributed by atoms with Gasteiger partial charge in [-0.25, -0.2) is 4.79 Å². The van der Waals surface area contributed by atoms with E-state index in [1.165, 1.54) is 0 Å². The second-order valence-electron chi connectivity index (χ2n) is 5.64. The molecule has 0 radical (unpaired) electrons. The first-order valence-corrected chi connectivity index (χ1v) is 7.96. The molecule has 0 bridgehead atoms. The van der Waals surface area contributed by atoms with Crippen molar-refractivity contribution in [1.82, 2.24) is 20.4 Å². The lowest BCUT2D eigenvalue weighted by Gasteiger charge is -2.35. The summed E-state index contributed by atoms with van der Waals surface area (Å²) < 4.78 is 10.9. The Morgan fingerprint density at radius 3 is 2.59 bits per heavy atom. The van der Waals surface area contributed by atoms with Crippen LogP contribution in [0.4, 0.5) is 10.8 Å². The van der Waals surface area contributed by atoms with E-state index < -0.39 is 0 Å². The molecule has 2 amide bonds. The molecule has 3 heterocycles. The van der Waals surface area contributed by atoms with Crippen LogP contribution in [0.3, 0.4) is 0 Å². The fourth-order valence-corrected chi connectivity index (χ4v) is 2.72. The van der Waals surface area contributed by atoms with E-state index in [2.05, 4.69) is 15.5 Å². The molecule has 0 spiro atoms. The lowest BCUT2D eigenvalue weighted by molar-refractivity contribution is 0.0779.